The molecule has 1 aliphatic heterocycles. The van der Waals surface area contributed by atoms with Crippen LogP contribution in [0.5, 0.6) is 0 Å². The number of fused-ring (bicyclic) bond motifs is 1. The molecule has 0 aromatic carbocycles. The Balaban J connectivity index is 1.59. The number of aliphatic hydroxyl groups is 1. The van der Waals surface area contributed by atoms with Gasteiger partial charge in [0.2, 0.25) is 0 Å². The van der Waals surface area contributed by atoms with Gasteiger partial charge in [0, 0.05) is 29.7 Å². The SMILES string of the molecule is Cc1cn2c(-c3cncc(NC4CNC(CO)C4)n3)cnc2s1. The molecule has 7 nitrogen and oxygen atoms in total. The summed E-state index contributed by atoms with van der Waals surface area (Å²) in [6.45, 7) is 3.05. The van der Waals surface area contributed by atoms with Gasteiger partial charge >= 0.3 is 0 Å². The standard InChI is InChI=1S/C15H18N6OS/c1-9-7-21-13(5-18-15(21)23-9)12-4-16-6-14(20-12)19-10-2-11(8-22)17-3-10/h4-7,10-11,17,22H,2-3,8H2,1H3,(H,19,20). The van der Waals surface area contributed by atoms with E-state index in [1.165, 1.54) is 4.88 Å². The number of aromatic nitrogens is 4. The number of aliphatic hydroxyl groups excluding tert-OH is 1. The lowest BCUT2D eigenvalue weighted by molar-refractivity contribution is 0.254. The van der Waals surface area contributed by atoms with Crippen molar-refractivity contribution in [3.63, 3.8) is 0 Å². The van der Waals surface area contributed by atoms with Gasteiger partial charge in [-0.15, -0.1) is 11.3 Å². The summed E-state index contributed by atoms with van der Waals surface area (Å²) in [5.74, 6) is 0.745. The van der Waals surface area contributed by atoms with Crippen LogP contribution in [0, 0.1) is 6.92 Å². The van der Waals surface area contributed by atoms with Crippen molar-refractivity contribution >= 4 is 22.1 Å². The quantitative estimate of drug-likeness (QED) is 0.668. The minimum atomic E-state index is 0.159. The highest BCUT2D eigenvalue weighted by molar-refractivity contribution is 7.17. The Hall–Kier alpha value is -2.03. The molecule has 3 aromatic rings. The molecule has 0 saturated carbocycles. The van der Waals surface area contributed by atoms with E-state index in [9.17, 15) is 5.11 Å². The predicted molar refractivity (Wildman–Crippen MR) is 89.7 cm³/mol. The lowest BCUT2D eigenvalue weighted by atomic mass is 10.2. The number of anilines is 1. The molecule has 2 unspecified atom stereocenters. The van der Waals surface area contributed by atoms with Crippen molar-refractivity contribution in [2.24, 2.45) is 0 Å². The molecule has 1 aliphatic rings. The van der Waals surface area contributed by atoms with Crippen LogP contribution in [0.3, 0.4) is 0 Å². The van der Waals surface area contributed by atoms with Gasteiger partial charge in [0.05, 0.1) is 30.9 Å². The Morgan fingerprint density at radius 3 is 3.17 bits per heavy atom. The van der Waals surface area contributed by atoms with Gasteiger partial charge in [-0.05, 0) is 13.3 Å². The first-order valence-electron chi connectivity index (χ1n) is 7.59. The average molecular weight is 330 g/mol. The highest BCUT2D eigenvalue weighted by atomic mass is 32.1. The third-order valence-corrected chi connectivity index (χ3v) is 4.93. The van der Waals surface area contributed by atoms with E-state index in [1.54, 1.807) is 23.7 Å². The van der Waals surface area contributed by atoms with E-state index in [-0.39, 0.29) is 18.7 Å². The van der Waals surface area contributed by atoms with Crippen LogP contribution in [0.1, 0.15) is 11.3 Å². The van der Waals surface area contributed by atoms with Gasteiger partial charge in [0.15, 0.2) is 4.96 Å². The summed E-state index contributed by atoms with van der Waals surface area (Å²) < 4.78 is 2.05. The van der Waals surface area contributed by atoms with Crippen molar-refractivity contribution in [2.75, 3.05) is 18.5 Å². The maximum atomic E-state index is 9.19. The van der Waals surface area contributed by atoms with Crippen LogP contribution in [0.4, 0.5) is 5.82 Å². The number of rotatable bonds is 4. The summed E-state index contributed by atoms with van der Waals surface area (Å²) in [6.07, 6.45) is 8.26. The first kappa shape index (κ1) is 14.6. The molecule has 3 aromatic heterocycles. The number of nitrogens with one attached hydrogen (secondary N) is 2. The van der Waals surface area contributed by atoms with Crippen LogP contribution in [0.2, 0.25) is 0 Å². The van der Waals surface area contributed by atoms with E-state index in [1.807, 2.05) is 10.6 Å². The highest BCUT2D eigenvalue weighted by Gasteiger charge is 2.23. The summed E-state index contributed by atoms with van der Waals surface area (Å²) in [4.78, 5) is 15.6. The Bertz CT molecular complexity index is 828. The Kier molecular flexibility index (Phi) is 3.72. The summed E-state index contributed by atoms with van der Waals surface area (Å²) >= 11 is 1.66. The van der Waals surface area contributed by atoms with Crippen molar-refractivity contribution in [1.82, 2.24) is 24.7 Å². The smallest absolute Gasteiger partial charge is 0.194 e. The Labute approximate surface area is 137 Å². The molecule has 0 spiro atoms. The third-order valence-electron chi connectivity index (χ3n) is 4.02. The number of thiazole rings is 1. The van der Waals surface area contributed by atoms with E-state index in [0.717, 1.165) is 35.1 Å². The van der Waals surface area contributed by atoms with Gasteiger partial charge in [-0.25, -0.2) is 9.97 Å². The summed E-state index contributed by atoms with van der Waals surface area (Å²) in [5, 5.41) is 15.9. The van der Waals surface area contributed by atoms with Crippen LogP contribution in [-0.2, 0) is 0 Å². The number of aryl methyl sites for hydroxylation is 1. The predicted octanol–water partition coefficient (Wildman–Crippen LogP) is 1.30. The van der Waals surface area contributed by atoms with Gasteiger partial charge in [-0.2, -0.15) is 0 Å². The van der Waals surface area contributed by atoms with Crippen LogP contribution < -0.4 is 10.6 Å². The van der Waals surface area contributed by atoms with Crippen molar-refractivity contribution in [3.8, 4) is 11.4 Å². The van der Waals surface area contributed by atoms with Crippen LogP contribution in [0.25, 0.3) is 16.3 Å². The second-order valence-corrected chi connectivity index (χ2v) is 7.01. The van der Waals surface area contributed by atoms with Crippen LogP contribution >= 0.6 is 11.3 Å². The second-order valence-electron chi connectivity index (χ2n) is 5.79. The molecule has 0 aliphatic carbocycles. The third kappa shape index (κ3) is 2.80. The molecular formula is C15H18N6OS. The fourth-order valence-electron chi connectivity index (χ4n) is 2.92. The van der Waals surface area contributed by atoms with E-state index in [4.69, 9.17) is 0 Å². The fraction of sp³-hybridized carbons (Fsp3) is 0.400. The van der Waals surface area contributed by atoms with E-state index in [0.29, 0.717) is 0 Å². The van der Waals surface area contributed by atoms with E-state index in [2.05, 4.69) is 38.7 Å². The molecule has 8 heteroatoms. The largest absolute Gasteiger partial charge is 0.395 e. The molecule has 120 valence electrons. The molecule has 0 amide bonds. The lowest BCUT2D eigenvalue weighted by Crippen LogP contribution is -2.25. The first-order valence-corrected chi connectivity index (χ1v) is 8.41. The minimum absolute atomic E-state index is 0.159. The molecule has 2 atom stereocenters. The molecule has 0 bridgehead atoms. The Morgan fingerprint density at radius 1 is 1.43 bits per heavy atom. The molecular weight excluding hydrogens is 312 g/mol. The zero-order valence-corrected chi connectivity index (χ0v) is 13.5. The van der Waals surface area contributed by atoms with Gasteiger partial charge < -0.3 is 15.7 Å². The Morgan fingerprint density at radius 2 is 2.35 bits per heavy atom. The zero-order chi connectivity index (χ0) is 15.8. The molecule has 23 heavy (non-hydrogen) atoms. The number of imidazole rings is 1. The van der Waals surface area contributed by atoms with E-state index < -0.39 is 0 Å². The topological polar surface area (TPSA) is 87.4 Å². The minimum Gasteiger partial charge on any atom is -0.395 e. The molecule has 3 N–H and O–H groups in total. The molecule has 4 heterocycles. The first-order chi connectivity index (χ1) is 11.2. The van der Waals surface area contributed by atoms with Gasteiger partial charge in [-0.1, -0.05) is 0 Å². The van der Waals surface area contributed by atoms with Crippen molar-refractivity contribution in [3.05, 3.63) is 29.7 Å². The number of hydrogen-bond acceptors (Lipinski definition) is 7. The molecule has 1 saturated heterocycles. The zero-order valence-electron chi connectivity index (χ0n) is 12.7. The number of nitrogens with zero attached hydrogens (tertiary/aromatic N) is 4. The van der Waals surface area contributed by atoms with Crippen LogP contribution in [0.15, 0.2) is 24.8 Å². The van der Waals surface area contributed by atoms with Crippen molar-refractivity contribution < 1.29 is 5.11 Å². The average Bonchev–Trinajstić information content (AvgIpc) is 3.23. The lowest BCUT2D eigenvalue weighted by Gasteiger charge is -2.12. The normalized spacial score (nSPS) is 21.1. The molecule has 4 rings (SSSR count). The van der Waals surface area contributed by atoms with Gasteiger partial charge in [0.1, 0.15) is 11.5 Å². The van der Waals surface area contributed by atoms with Gasteiger partial charge in [-0.3, -0.25) is 9.38 Å². The fourth-order valence-corrected chi connectivity index (χ4v) is 3.72. The van der Waals surface area contributed by atoms with Gasteiger partial charge in [0.25, 0.3) is 0 Å². The van der Waals surface area contributed by atoms with Crippen molar-refractivity contribution in [1.29, 1.82) is 0 Å². The van der Waals surface area contributed by atoms with Crippen molar-refractivity contribution in [2.45, 2.75) is 25.4 Å². The molecule has 0 radical (unpaired) electrons. The van der Waals surface area contributed by atoms with E-state index >= 15 is 0 Å². The maximum Gasteiger partial charge on any atom is 0.194 e. The summed E-state index contributed by atoms with van der Waals surface area (Å²) in [7, 11) is 0. The second kappa shape index (κ2) is 5.88. The maximum absolute atomic E-state index is 9.19. The highest BCUT2D eigenvalue weighted by Crippen LogP contribution is 2.24. The molecule has 1 fully saturated rings. The monoisotopic (exact) mass is 330 g/mol. The summed E-state index contributed by atoms with van der Waals surface area (Å²) in [6, 6.07) is 0.414. The van der Waals surface area contributed by atoms with Crippen LogP contribution in [-0.4, -0.2) is 49.7 Å². The summed E-state index contributed by atoms with van der Waals surface area (Å²) in [5.41, 5.74) is 1.74. The number of hydrogen-bond donors (Lipinski definition) is 3.